The van der Waals surface area contributed by atoms with E-state index in [1.54, 1.807) is 7.11 Å². The number of ether oxygens (including phenoxy) is 1. The predicted molar refractivity (Wildman–Crippen MR) is 103 cm³/mol. The van der Waals surface area contributed by atoms with Crippen molar-refractivity contribution in [1.82, 2.24) is 15.5 Å². The molecule has 1 rings (SSSR count). The van der Waals surface area contributed by atoms with Crippen LogP contribution in [0.4, 0.5) is 0 Å². The molecule has 5 heteroatoms. The molecule has 0 saturated carbocycles. The summed E-state index contributed by atoms with van der Waals surface area (Å²) in [6.45, 7) is 9.60. The minimum atomic E-state index is 0.795. The maximum atomic E-state index is 5.08. The topological polar surface area (TPSA) is 48.9 Å². The second kappa shape index (κ2) is 12.8. The molecule has 0 bridgehead atoms. The van der Waals surface area contributed by atoms with Crippen molar-refractivity contribution in [2.45, 2.75) is 26.7 Å². The summed E-state index contributed by atoms with van der Waals surface area (Å²) >= 11 is 0. The smallest absolute Gasteiger partial charge is 0.191 e. The Kier molecular flexibility index (Phi) is 10.9. The van der Waals surface area contributed by atoms with Gasteiger partial charge in [0.05, 0.1) is 6.54 Å². The number of benzene rings is 1. The summed E-state index contributed by atoms with van der Waals surface area (Å²) in [7, 11) is 3.87. The molecule has 0 saturated heterocycles. The number of hydrogen-bond donors (Lipinski definition) is 2. The van der Waals surface area contributed by atoms with E-state index in [0.29, 0.717) is 0 Å². The van der Waals surface area contributed by atoms with Crippen LogP contribution in [0.2, 0.25) is 0 Å². The molecule has 136 valence electrons. The van der Waals surface area contributed by atoms with Gasteiger partial charge < -0.3 is 20.3 Å². The highest BCUT2D eigenvalue weighted by atomic mass is 16.5. The monoisotopic (exact) mass is 334 g/mol. The number of methoxy groups -OCH3 is 1. The molecule has 0 amide bonds. The summed E-state index contributed by atoms with van der Waals surface area (Å²) in [5, 5.41) is 6.72. The summed E-state index contributed by atoms with van der Waals surface area (Å²) in [4.78, 5) is 6.94. The maximum absolute atomic E-state index is 5.08. The van der Waals surface area contributed by atoms with Crippen LogP contribution in [-0.2, 0) is 11.2 Å². The lowest BCUT2D eigenvalue weighted by Gasteiger charge is -2.16. The number of rotatable bonds is 11. The van der Waals surface area contributed by atoms with Crippen molar-refractivity contribution >= 4 is 5.96 Å². The van der Waals surface area contributed by atoms with Crippen molar-refractivity contribution in [2.75, 3.05) is 53.5 Å². The summed E-state index contributed by atoms with van der Waals surface area (Å²) in [5.74, 6) is 0.899. The second-order valence-electron chi connectivity index (χ2n) is 6.08. The first-order valence-corrected chi connectivity index (χ1v) is 8.91. The minimum Gasteiger partial charge on any atom is -0.385 e. The van der Waals surface area contributed by atoms with E-state index in [0.717, 1.165) is 58.1 Å². The van der Waals surface area contributed by atoms with Gasteiger partial charge in [-0.1, -0.05) is 29.8 Å². The average molecular weight is 335 g/mol. The quantitative estimate of drug-likeness (QED) is 0.369. The Morgan fingerprint density at radius 2 is 2.08 bits per heavy atom. The summed E-state index contributed by atoms with van der Waals surface area (Å²) in [6.07, 6.45) is 2.06. The number of nitrogens with zero attached hydrogens (tertiary/aromatic N) is 2. The third-order valence-electron chi connectivity index (χ3n) is 3.77. The fourth-order valence-corrected chi connectivity index (χ4v) is 2.46. The number of hydrogen-bond acceptors (Lipinski definition) is 3. The Bertz CT molecular complexity index is 476. The second-order valence-corrected chi connectivity index (χ2v) is 6.08. The van der Waals surface area contributed by atoms with Crippen molar-refractivity contribution in [3.63, 3.8) is 0 Å². The SMILES string of the molecule is CCNC(=NCCN(C)CCCOC)NCCc1cccc(C)c1. The van der Waals surface area contributed by atoms with Crippen LogP contribution in [0.3, 0.4) is 0 Å². The van der Waals surface area contributed by atoms with Crippen molar-refractivity contribution in [3.05, 3.63) is 35.4 Å². The Morgan fingerprint density at radius 3 is 2.79 bits per heavy atom. The summed E-state index contributed by atoms with van der Waals surface area (Å²) < 4.78 is 5.08. The molecular weight excluding hydrogens is 300 g/mol. The van der Waals surface area contributed by atoms with E-state index in [4.69, 9.17) is 4.74 Å². The molecule has 0 aliphatic rings. The molecule has 0 unspecified atom stereocenters. The van der Waals surface area contributed by atoms with Gasteiger partial charge in [-0.3, -0.25) is 4.99 Å². The van der Waals surface area contributed by atoms with Gasteiger partial charge >= 0.3 is 0 Å². The van der Waals surface area contributed by atoms with E-state index in [9.17, 15) is 0 Å². The third kappa shape index (κ3) is 9.53. The Hall–Kier alpha value is -1.59. The van der Waals surface area contributed by atoms with Crippen molar-refractivity contribution in [2.24, 2.45) is 4.99 Å². The van der Waals surface area contributed by atoms with Gasteiger partial charge in [-0.15, -0.1) is 0 Å². The molecule has 0 fully saturated rings. The largest absolute Gasteiger partial charge is 0.385 e. The number of guanidine groups is 1. The lowest BCUT2D eigenvalue weighted by atomic mass is 10.1. The molecule has 24 heavy (non-hydrogen) atoms. The minimum absolute atomic E-state index is 0.795. The van der Waals surface area contributed by atoms with Crippen molar-refractivity contribution in [3.8, 4) is 0 Å². The Labute approximate surface area is 147 Å². The van der Waals surface area contributed by atoms with Crippen molar-refractivity contribution < 1.29 is 4.74 Å². The fourth-order valence-electron chi connectivity index (χ4n) is 2.46. The van der Waals surface area contributed by atoms with Crippen LogP contribution in [-0.4, -0.2) is 64.3 Å². The molecule has 0 aromatic heterocycles. The highest BCUT2D eigenvalue weighted by Crippen LogP contribution is 2.03. The summed E-state index contributed by atoms with van der Waals surface area (Å²) in [6, 6.07) is 8.66. The summed E-state index contributed by atoms with van der Waals surface area (Å²) in [5.41, 5.74) is 2.67. The average Bonchev–Trinajstić information content (AvgIpc) is 2.55. The first kappa shape index (κ1) is 20.5. The van der Waals surface area contributed by atoms with Gasteiger partial charge in [-0.05, 0) is 39.3 Å². The van der Waals surface area contributed by atoms with Gasteiger partial charge in [0.2, 0.25) is 0 Å². The van der Waals surface area contributed by atoms with Crippen LogP contribution in [0.15, 0.2) is 29.3 Å². The molecule has 0 radical (unpaired) electrons. The predicted octanol–water partition coefficient (Wildman–Crippen LogP) is 2.06. The van der Waals surface area contributed by atoms with Gasteiger partial charge in [-0.25, -0.2) is 0 Å². The molecule has 0 aliphatic carbocycles. The molecular formula is C19H34N4O. The highest BCUT2D eigenvalue weighted by molar-refractivity contribution is 5.79. The zero-order valence-electron chi connectivity index (χ0n) is 15.8. The molecule has 2 N–H and O–H groups in total. The first-order valence-electron chi connectivity index (χ1n) is 8.91. The van der Waals surface area contributed by atoms with Gasteiger partial charge in [-0.2, -0.15) is 0 Å². The standard InChI is InChI=1S/C19H34N4O/c1-5-20-19(22-12-14-23(3)13-7-15-24-4)21-11-10-18-9-6-8-17(2)16-18/h6,8-9,16H,5,7,10-15H2,1-4H3,(H2,20,21,22). The Balaban J connectivity index is 2.31. The van der Waals surface area contributed by atoms with Crippen LogP contribution in [0.5, 0.6) is 0 Å². The van der Waals surface area contributed by atoms with Gasteiger partial charge in [0.1, 0.15) is 0 Å². The van der Waals surface area contributed by atoms with E-state index >= 15 is 0 Å². The molecule has 0 atom stereocenters. The maximum Gasteiger partial charge on any atom is 0.191 e. The number of nitrogens with one attached hydrogen (secondary N) is 2. The van der Waals surface area contributed by atoms with Crippen molar-refractivity contribution in [1.29, 1.82) is 0 Å². The first-order chi connectivity index (χ1) is 11.7. The van der Waals surface area contributed by atoms with Gasteiger partial charge in [0.25, 0.3) is 0 Å². The number of aliphatic imine (C=N–C) groups is 1. The van der Waals surface area contributed by atoms with E-state index in [1.807, 2.05) is 0 Å². The zero-order chi connectivity index (χ0) is 17.6. The van der Waals surface area contributed by atoms with Crippen LogP contribution < -0.4 is 10.6 Å². The molecule has 0 spiro atoms. The van der Waals surface area contributed by atoms with Gasteiger partial charge in [0.15, 0.2) is 5.96 Å². The van der Waals surface area contributed by atoms with Crippen LogP contribution in [0, 0.1) is 6.92 Å². The van der Waals surface area contributed by atoms with Crippen LogP contribution >= 0.6 is 0 Å². The Morgan fingerprint density at radius 1 is 1.25 bits per heavy atom. The molecule has 0 aliphatic heterocycles. The number of likely N-dealkylation sites (N-methyl/N-ethyl adjacent to an activating group) is 1. The van der Waals surface area contributed by atoms with E-state index in [2.05, 4.69) is 65.7 Å². The fraction of sp³-hybridized carbons (Fsp3) is 0.632. The molecule has 5 nitrogen and oxygen atoms in total. The normalized spacial score (nSPS) is 11.8. The van der Waals surface area contributed by atoms with Crippen LogP contribution in [0.25, 0.3) is 0 Å². The molecule has 1 aromatic rings. The molecule has 0 heterocycles. The third-order valence-corrected chi connectivity index (χ3v) is 3.77. The van der Waals surface area contributed by atoms with E-state index in [1.165, 1.54) is 11.1 Å². The van der Waals surface area contributed by atoms with E-state index < -0.39 is 0 Å². The highest BCUT2D eigenvalue weighted by Gasteiger charge is 2.00. The zero-order valence-corrected chi connectivity index (χ0v) is 15.8. The lowest BCUT2D eigenvalue weighted by molar-refractivity contribution is 0.180. The number of aryl methyl sites for hydroxylation is 1. The lowest BCUT2D eigenvalue weighted by Crippen LogP contribution is -2.39. The van der Waals surface area contributed by atoms with Crippen LogP contribution in [0.1, 0.15) is 24.5 Å². The van der Waals surface area contributed by atoms with Gasteiger partial charge in [0, 0.05) is 39.9 Å². The molecule has 1 aromatic carbocycles. The van der Waals surface area contributed by atoms with E-state index in [-0.39, 0.29) is 0 Å².